The summed E-state index contributed by atoms with van der Waals surface area (Å²) < 4.78 is 12.7. The SMILES string of the molecule is CN=C(NCc1nnc(C)n1C)NC(C)c1cc(OC)ccc1OC. The van der Waals surface area contributed by atoms with Crippen LogP contribution in [0.5, 0.6) is 11.5 Å². The first-order chi connectivity index (χ1) is 12.0. The van der Waals surface area contributed by atoms with E-state index in [0.717, 1.165) is 28.7 Å². The summed E-state index contributed by atoms with van der Waals surface area (Å²) in [4.78, 5) is 4.27. The second-order valence-corrected chi connectivity index (χ2v) is 5.62. The van der Waals surface area contributed by atoms with Crippen LogP contribution in [0.2, 0.25) is 0 Å². The Balaban J connectivity index is 2.07. The molecule has 1 aromatic carbocycles. The van der Waals surface area contributed by atoms with Crippen LogP contribution in [0.15, 0.2) is 23.2 Å². The molecule has 1 atom stereocenters. The molecule has 0 spiro atoms. The second kappa shape index (κ2) is 8.36. The highest BCUT2D eigenvalue weighted by atomic mass is 16.5. The number of nitrogens with one attached hydrogen (secondary N) is 2. The normalized spacial score (nSPS) is 12.6. The lowest BCUT2D eigenvalue weighted by Gasteiger charge is -2.20. The molecular formula is C17H26N6O2. The molecule has 2 N–H and O–H groups in total. The van der Waals surface area contributed by atoms with Crippen molar-refractivity contribution in [1.29, 1.82) is 0 Å². The number of methoxy groups -OCH3 is 2. The van der Waals surface area contributed by atoms with Crippen molar-refractivity contribution in [3.8, 4) is 11.5 Å². The van der Waals surface area contributed by atoms with Crippen LogP contribution in [0.25, 0.3) is 0 Å². The van der Waals surface area contributed by atoms with Crippen molar-refractivity contribution in [1.82, 2.24) is 25.4 Å². The average molecular weight is 346 g/mol. The number of hydrogen-bond donors (Lipinski definition) is 2. The number of rotatable bonds is 6. The maximum absolute atomic E-state index is 5.45. The molecule has 2 rings (SSSR count). The van der Waals surface area contributed by atoms with Gasteiger partial charge >= 0.3 is 0 Å². The third kappa shape index (κ3) is 4.40. The minimum Gasteiger partial charge on any atom is -0.497 e. The molecule has 0 saturated heterocycles. The van der Waals surface area contributed by atoms with E-state index < -0.39 is 0 Å². The fraction of sp³-hybridized carbons (Fsp3) is 0.471. The van der Waals surface area contributed by atoms with E-state index in [9.17, 15) is 0 Å². The van der Waals surface area contributed by atoms with Gasteiger partial charge in [0.2, 0.25) is 0 Å². The Morgan fingerprint density at radius 3 is 2.60 bits per heavy atom. The van der Waals surface area contributed by atoms with Crippen molar-refractivity contribution in [2.24, 2.45) is 12.0 Å². The van der Waals surface area contributed by atoms with Crippen molar-refractivity contribution in [2.75, 3.05) is 21.3 Å². The number of aromatic nitrogens is 3. The largest absolute Gasteiger partial charge is 0.497 e. The predicted molar refractivity (Wildman–Crippen MR) is 97.0 cm³/mol. The molecule has 0 bridgehead atoms. The highest BCUT2D eigenvalue weighted by Gasteiger charge is 2.15. The zero-order valence-electron chi connectivity index (χ0n) is 15.6. The van der Waals surface area contributed by atoms with Gasteiger partial charge in [-0.1, -0.05) is 0 Å². The fourth-order valence-corrected chi connectivity index (χ4v) is 2.42. The molecule has 136 valence electrons. The number of guanidine groups is 1. The van der Waals surface area contributed by atoms with Gasteiger partial charge in [0.1, 0.15) is 17.3 Å². The van der Waals surface area contributed by atoms with E-state index in [1.54, 1.807) is 21.3 Å². The van der Waals surface area contributed by atoms with Crippen LogP contribution in [-0.4, -0.2) is 42.0 Å². The lowest BCUT2D eigenvalue weighted by atomic mass is 10.1. The van der Waals surface area contributed by atoms with Crippen molar-refractivity contribution >= 4 is 5.96 Å². The molecule has 0 aliphatic rings. The van der Waals surface area contributed by atoms with Gasteiger partial charge in [0.15, 0.2) is 11.8 Å². The first-order valence-electron chi connectivity index (χ1n) is 8.04. The van der Waals surface area contributed by atoms with Gasteiger partial charge in [-0.15, -0.1) is 10.2 Å². The topological polar surface area (TPSA) is 85.6 Å². The maximum Gasteiger partial charge on any atom is 0.191 e. The summed E-state index contributed by atoms with van der Waals surface area (Å²) >= 11 is 0. The van der Waals surface area contributed by atoms with Crippen LogP contribution >= 0.6 is 0 Å². The quantitative estimate of drug-likeness (QED) is 0.610. The molecule has 1 aromatic heterocycles. The zero-order chi connectivity index (χ0) is 18.4. The summed E-state index contributed by atoms with van der Waals surface area (Å²) in [5.74, 6) is 3.95. The highest BCUT2D eigenvalue weighted by Crippen LogP contribution is 2.29. The third-order valence-electron chi connectivity index (χ3n) is 4.08. The molecule has 0 saturated carbocycles. The Hall–Kier alpha value is -2.77. The first-order valence-corrected chi connectivity index (χ1v) is 8.04. The number of nitrogens with zero attached hydrogens (tertiary/aromatic N) is 4. The van der Waals surface area contributed by atoms with Crippen LogP contribution in [-0.2, 0) is 13.6 Å². The summed E-state index contributed by atoms with van der Waals surface area (Å²) in [7, 11) is 6.97. The van der Waals surface area contributed by atoms with Crippen LogP contribution < -0.4 is 20.1 Å². The maximum atomic E-state index is 5.45. The third-order valence-corrected chi connectivity index (χ3v) is 4.08. The summed E-state index contributed by atoms with van der Waals surface area (Å²) in [6.45, 7) is 4.48. The van der Waals surface area contributed by atoms with Gasteiger partial charge in [-0.2, -0.15) is 0 Å². The molecule has 25 heavy (non-hydrogen) atoms. The van der Waals surface area contributed by atoms with Crippen LogP contribution in [0.4, 0.5) is 0 Å². The molecular weight excluding hydrogens is 320 g/mol. The smallest absolute Gasteiger partial charge is 0.191 e. The van der Waals surface area contributed by atoms with E-state index in [1.807, 2.05) is 43.7 Å². The summed E-state index contributed by atoms with van der Waals surface area (Å²) in [6, 6.07) is 5.69. The van der Waals surface area contributed by atoms with Gasteiger partial charge in [0, 0.05) is 19.7 Å². The van der Waals surface area contributed by atoms with Crippen LogP contribution in [0.3, 0.4) is 0 Å². The number of aryl methyl sites for hydroxylation is 1. The Labute approximate surface area is 148 Å². The summed E-state index contributed by atoms with van der Waals surface area (Å²) in [5, 5.41) is 14.8. The number of ether oxygens (including phenoxy) is 2. The van der Waals surface area contributed by atoms with E-state index in [4.69, 9.17) is 9.47 Å². The molecule has 8 heteroatoms. The molecule has 0 aliphatic carbocycles. The molecule has 1 unspecified atom stereocenters. The van der Waals surface area contributed by atoms with Crippen LogP contribution in [0, 0.1) is 6.92 Å². The van der Waals surface area contributed by atoms with E-state index in [2.05, 4.69) is 25.8 Å². The minimum absolute atomic E-state index is 0.0301. The van der Waals surface area contributed by atoms with Crippen molar-refractivity contribution < 1.29 is 9.47 Å². The van der Waals surface area contributed by atoms with Gasteiger partial charge in [-0.05, 0) is 32.0 Å². The van der Waals surface area contributed by atoms with Crippen molar-refractivity contribution in [3.63, 3.8) is 0 Å². The van der Waals surface area contributed by atoms with Gasteiger partial charge in [-0.3, -0.25) is 4.99 Å². The summed E-state index contributed by atoms with van der Waals surface area (Å²) in [6.07, 6.45) is 0. The Morgan fingerprint density at radius 2 is 2.04 bits per heavy atom. The molecule has 2 aromatic rings. The Morgan fingerprint density at radius 1 is 1.28 bits per heavy atom. The zero-order valence-corrected chi connectivity index (χ0v) is 15.6. The minimum atomic E-state index is -0.0301. The molecule has 1 heterocycles. The predicted octanol–water partition coefficient (Wildman–Crippen LogP) is 1.57. The second-order valence-electron chi connectivity index (χ2n) is 5.62. The summed E-state index contributed by atoms with van der Waals surface area (Å²) in [5.41, 5.74) is 0.985. The van der Waals surface area contributed by atoms with E-state index in [1.165, 1.54) is 0 Å². The van der Waals surface area contributed by atoms with Crippen molar-refractivity contribution in [2.45, 2.75) is 26.4 Å². The first kappa shape index (κ1) is 18.6. The van der Waals surface area contributed by atoms with E-state index in [-0.39, 0.29) is 6.04 Å². The Bertz CT molecular complexity index is 741. The molecule has 0 amide bonds. The number of aliphatic imine (C=N–C) groups is 1. The van der Waals surface area contributed by atoms with Crippen molar-refractivity contribution in [3.05, 3.63) is 35.4 Å². The Kier molecular flexibility index (Phi) is 6.21. The van der Waals surface area contributed by atoms with Crippen LogP contribution in [0.1, 0.15) is 30.2 Å². The van der Waals surface area contributed by atoms with Gasteiger partial charge < -0.3 is 24.7 Å². The lowest BCUT2D eigenvalue weighted by molar-refractivity contribution is 0.394. The number of benzene rings is 1. The fourth-order valence-electron chi connectivity index (χ4n) is 2.42. The molecule has 0 fully saturated rings. The molecule has 0 radical (unpaired) electrons. The molecule has 0 aliphatic heterocycles. The van der Waals surface area contributed by atoms with Gasteiger partial charge in [-0.25, -0.2) is 0 Å². The highest BCUT2D eigenvalue weighted by molar-refractivity contribution is 5.80. The average Bonchev–Trinajstić information content (AvgIpc) is 2.96. The van der Waals surface area contributed by atoms with E-state index >= 15 is 0 Å². The standard InChI is InChI=1S/C17H26N6O2/c1-11(14-9-13(24-5)7-8-15(14)25-6)20-17(18-3)19-10-16-22-21-12(2)23(16)4/h7-9,11H,10H2,1-6H3,(H2,18,19,20). The molecule has 8 nitrogen and oxygen atoms in total. The monoisotopic (exact) mass is 346 g/mol. The van der Waals surface area contributed by atoms with E-state index in [0.29, 0.717) is 12.5 Å². The lowest BCUT2D eigenvalue weighted by Crippen LogP contribution is -2.38. The number of hydrogen-bond acceptors (Lipinski definition) is 5. The van der Waals surface area contributed by atoms with Gasteiger partial charge in [0.25, 0.3) is 0 Å². The van der Waals surface area contributed by atoms with Gasteiger partial charge in [0.05, 0.1) is 26.8 Å².